The molecule has 0 unspecified atom stereocenters. The molecule has 0 aromatic carbocycles. The Morgan fingerprint density at radius 2 is 2.50 bits per heavy atom. The summed E-state index contributed by atoms with van der Waals surface area (Å²) >= 11 is 0. The normalized spacial score (nSPS) is 15.2. The van der Waals surface area contributed by atoms with E-state index in [1.165, 1.54) is 11.9 Å². The Morgan fingerprint density at radius 1 is 1.56 bits per heavy atom. The van der Waals surface area contributed by atoms with Gasteiger partial charge in [0.1, 0.15) is 12.7 Å². The van der Waals surface area contributed by atoms with Crippen molar-refractivity contribution in [1.29, 1.82) is 0 Å². The number of nitrogens with one attached hydrogen (secondary N) is 2. The maximum Gasteiger partial charge on any atom is 0.221 e. The molecule has 0 bridgehead atoms. The zero-order chi connectivity index (χ0) is 12.6. The van der Waals surface area contributed by atoms with Crippen LogP contribution in [0.4, 0.5) is 0 Å². The third-order valence-corrected chi connectivity index (χ3v) is 2.96. The zero-order valence-corrected chi connectivity index (χ0v) is 10.4. The minimum Gasteiger partial charge on any atom is -0.356 e. The first-order chi connectivity index (χ1) is 8.84. The van der Waals surface area contributed by atoms with E-state index in [1.54, 1.807) is 11.0 Å². The maximum atomic E-state index is 11.6. The van der Waals surface area contributed by atoms with E-state index in [0.29, 0.717) is 13.0 Å². The van der Waals surface area contributed by atoms with Crippen molar-refractivity contribution in [2.24, 2.45) is 0 Å². The number of aromatic nitrogens is 3. The Bertz CT molecular complexity index is 399. The second-order valence-electron chi connectivity index (χ2n) is 4.33. The molecule has 2 heterocycles. The Labute approximate surface area is 106 Å². The van der Waals surface area contributed by atoms with Gasteiger partial charge in [-0.05, 0) is 19.4 Å². The van der Waals surface area contributed by atoms with Crippen LogP contribution in [0.5, 0.6) is 0 Å². The molecule has 98 valence electrons. The Hall–Kier alpha value is -1.69. The van der Waals surface area contributed by atoms with Crippen LogP contribution in [0.25, 0.3) is 0 Å². The molecule has 1 aliphatic heterocycles. The van der Waals surface area contributed by atoms with Crippen molar-refractivity contribution >= 4 is 5.91 Å². The quantitative estimate of drug-likeness (QED) is 0.701. The van der Waals surface area contributed by atoms with Crippen LogP contribution in [-0.4, -0.2) is 40.3 Å². The summed E-state index contributed by atoms with van der Waals surface area (Å²) in [5, 5.41) is 10.2. The Kier molecular flexibility index (Phi) is 4.89. The number of hydrogen-bond donors (Lipinski definition) is 2. The van der Waals surface area contributed by atoms with Gasteiger partial charge in [-0.15, -0.1) is 0 Å². The molecule has 1 aromatic rings. The van der Waals surface area contributed by atoms with E-state index >= 15 is 0 Å². The van der Waals surface area contributed by atoms with E-state index in [1.807, 2.05) is 0 Å². The van der Waals surface area contributed by atoms with E-state index in [0.717, 1.165) is 32.5 Å². The van der Waals surface area contributed by atoms with Gasteiger partial charge in [0.05, 0.1) is 6.54 Å². The van der Waals surface area contributed by atoms with Crippen LogP contribution in [0, 0.1) is 0 Å². The fraction of sp³-hybridized carbons (Fsp3) is 0.583. The van der Waals surface area contributed by atoms with Gasteiger partial charge in [-0.2, -0.15) is 5.10 Å². The van der Waals surface area contributed by atoms with Crippen molar-refractivity contribution in [3.05, 3.63) is 24.3 Å². The average Bonchev–Trinajstić information content (AvgIpc) is 2.91. The third kappa shape index (κ3) is 4.29. The molecule has 1 aliphatic rings. The lowest BCUT2D eigenvalue weighted by atomic mass is 10.1. The zero-order valence-electron chi connectivity index (χ0n) is 10.4. The van der Waals surface area contributed by atoms with Crippen LogP contribution in [0.1, 0.15) is 19.3 Å². The van der Waals surface area contributed by atoms with Crippen LogP contribution in [-0.2, 0) is 11.3 Å². The van der Waals surface area contributed by atoms with Gasteiger partial charge >= 0.3 is 0 Å². The highest BCUT2D eigenvalue weighted by Crippen LogP contribution is 2.07. The standard InChI is InChI=1S/C12H19N5O/c18-12(4-8-17-10-14-9-16-17)15-7-3-11-1-5-13-6-2-11/h1,9-10,13H,2-8H2,(H,15,18). The molecular formula is C12H19N5O. The Balaban J connectivity index is 1.58. The van der Waals surface area contributed by atoms with Crippen molar-refractivity contribution in [1.82, 2.24) is 25.4 Å². The van der Waals surface area contributed by atoms with Gasteiger partial charge in [-0.3, -0.25) is 9.48 Å². The van der Waals surface area contributed by atoms with Crippen LogP contribution in [0.3, 0.4) is 0 Å². The van der Waals surface area contributed by atoms with Crippen LogP contribution in [0.15, 0.2) is 24.3 Å². The molecule has 1 amide bonds. The van der Waals surface area contributed by atoms with Crippen molar-refractivity contribution in [3.8, 4) is 0 Å². The highest BCUT2D eigenvalue weighted by Gasteiger charge is 2.05. The predicted octanol–water partition coefficient (Wildman–Crippen LogP) is 0.0942. The molecule has 6 heteroatoms. The monoisotopic (exact) mass is 249 g/mol. The second kappa shape index (κ2) is 6.90. The molecule has 6 nitrogen and oxygen atoms in total. The van der Waals surface area contributed by atoms with E-state index in [2.05, 4.69) is 26.8 Å². The molecule has 0 atom stereocenters. The Morgan fingerprint density at radius 3 is 3.22 bits per heavy atom. The summed E-state index contributed by atoms with van der Waals surface area (Å²) in [6, 6.07) is 0. The van der Waals surface area contributed by atoms with Crippen LogP contribution >= 0.6 is 0 Å². The maximum absolute atomic E-state index is 11.6. The summed E-state index contributed by atoms with van der Waals surface area (Å²) < 4.78 is 1.66. The topological polar surface area (TPSA) is 71.8 Å². The number of rotatable bonds is 6. The summed E-state index contributed by atoms with van der Waals surface area (Å²) in [6.07, 6.45) is 7.80. The van der Waals surface area contributed by atoms with Gasteiger partial charge < -0.3 is 10.6 Å². The van der Waals surface area contributed by atoms with Crippen molar-refractivity contribution in [3.63, 3.8) is 0 Å². The van der Waals surface area contributed by atoms with E-state index in [4.69, 9.17) is 0 Å². The van der Waals surface area contributed by atoms with Gasteiger partial charge in [-0.25, -0.2) is 4.98 Å². The van der Waals surface area contributed by atoms with Gasteiger partial charge in [0.15, 0.2) is 0 Å². The van der Waals surface area contributed by atoms with Crippen molar-refractivity contribution in [2.45, 2.75) is 25.8 Å². The molecule has 2 rings (SSSR count). The lowest BCUT2D eigenvalue weighted by Gasteiger charge is -2.14. The largest absolute Gasteiger partial charge is 0.356 e. The number of amides is 1. The van der Waals surface area contributed by atoms with Gasteiger partial charge in [-0.1, -0.05) is 11.6 Å². The summed E-state index contributed by atoms with van der Waals surface area (Å²) in [5.41, 5.74) is 1.44. The molecule has 18 heavy (non-hydrogen) atoms. The average molecular weight is 249 g/mol. The van der Waals surface area contributed by atoms with E-state index in [-0.39, 0.29) is 5.91 Å². The summed E-state index contributed by atoms with van der Waals surface area (Å²) in [6.45, 7) is 3.31. The SMILES string of the molecule is O=C(CCn1cncn1)NCCC1=CCNCC1. The summed E-state index contributed by atoms with van der Waals surface area (Å²) in [4.78, 5) is 15.4. The number of carbonyl (C=O) groups is 1. The molecule has 0 spiro atoms. The summed E-state index contributed by atoms with van der Waals surface area (Å²) in [5.74, 6) is 0.0695. The number of aryl methyl sites for hydroxylation is 1. The fourth-order valence-electron chi connectivity index (χ4n) is 1.91. The fourth-order valence-corrected chi connectivity index (χ4v) is 1.91. The smallest absolute Gasteiger partial charge is 0.221 e. The molecule has 0 aliphatic carbocycles. The third-order valence-electron chi connectivity index (χ3n) is 2.96. The summed E-state index contributed by atoms with van der Waals surface area (Å²) in [7, 11) is 0. The molecule has 1 aromatic heterocycles. The first kappa shape index (κ1) is 12.8. The van der Waals surface area contributed by atoms with Crippen molar-refractivity contribution in [2.75, 3.05) is 19.6 Å². The molecular weight excluding hydrogens is 230 g/mol. The van der Waals surface area contributed by atoms with Gasteiger partial charge in [0, 0.05) is 19.5 Å². The molecule has 0 radical (unpaired) electrons. The minimum atomic E-state index is 0.0695. The predicted molar refractivity (Wildman–Crippen MR) is 67.8 cm³/mol. The van der Waals surface area contributed by atoms with E-state index in [9.17, 15) is 4.79 Å². The van der Waals surface area contributed by atoms with Crippen molar-refractivity contribution < 1.29 is 4.79 Å². The minimum absolute atomic E-state index is 0.0695. The van der Waals surface area contributed by atoms with Crippen LogP contribution in [0.2, 0.25) is 0 Å². The second-order valence-corrected chi connectivity index (χ2v) is 4.33. The highest BCUT2D eigenvalue weighted by atomic mass is 16.1. The highest BCUT2D eigenvalue weighted by molar-refractivity contribution is 5.75. The first-order valence-corrected chi connectivity index (χ1v) is 6.32. The van der Waals surface area contributed by atoms with Gasteiger partial charge in [0.2, 0.25) is 5.91 Å². The van der Waals surface area contributed by atoms with Crippen LogP contribution < -0.4 is 10.6 Å². The molecule has 0 saturated carbocycles. The molecule has 0 fully saturated rings. The van der Waals surface area contributed by atoms with E-state index < -0.39 is 0 Å². The lowest BCUT2D eigenvalue weighted by molar-refractivity contribution is -0.121. The molecule has 2 N–H and O–H groups in total. The number of hydrogen-bond acceptors (Lipinski definition) is 4. The number of nitrogens with zero attached hydrogens (tertiary/aromatic N) is 3. The number of carbonyl (C=O) groups excluding carboxylic acids is 1. The lowest BCUT2D eigenvalue weighted by Crippen LogP contribution is -2.27. The molecule has 0 saturated heterocycles. The first-order valence-electron chi connectivity index (χ1n) is 6.32. The van der Waals surface area contributed by atoms with Gasteiger partial charge in [0.25, 0.3) is 0 Å².